The number of hydrogen-bond acceptors (Lipinski definition) is 4. The molecule has 1 atom stereocenters. The van der Waals surface area contributed by atoms with E-state index in [1.165, 1.54) is 0 Å². The fraction of sp³-hybridized carbons (Fsp3) is 0.550. The summed E-state index contributed by atoms with van der Waals surface area (Å²) >= 11 is 2.08. The highest BCUT2D eigenvalue weighted by Gasteiger charge is 2.24. The van der Waals surface area contributed by atoms with Crippen LogP contribution in [0.1, 0.15) is 30.8 Å². The first-order chi connectivity index (χ1) is 13.0. The van der Waals surface area contributed by atoms with Gasteiger partial charge in [-0.3, -0.25) is 4.99 Å². The van der Waals surface area contributed by atoms with Crippen LogP contribution in [0.25, 0.3) is 5.82 Å². The minimum Gasteiger partial charge on any atom is -0.352 e. The van der Waals surface area contributed by atoms with Crippen LogP contribution in [0.5, 0.6) is 0 Å². The molecule has 0 aliphatic carbocycles. The number of rotatable bonds is 4. The number of halogens is 1. The summed E-state index contributed by atoms with van der Waals surface area (Å²) in [7, 11) is 1.86. The molecular weight excluding hydrogens is 483 g/mol. The standard InChI is InChI=1S/C20H30N6S.HI/c1-14(2)18-13-25(8-9-27-18)20(21-5)23-12-17-6-7-19(22-11-17)26-16(4)10-15(3)24-26;/h6-7,10-11,14,18H,8-9,12-13H2,1-5H3,(H,21,23);1H. The van der Waals surface area contributed by atoms with E-state index < -0.39 is 0 Å². The van der Waals surface area contributed by atoms with Gasteiger partial charge in [-0.15, -0.1) is 24.0 Å². The first-order valence-corrected chi connectivity index (χ1v) is 10.6. The molecule has 1 aliphatic heterocycles. The molecule has 0 saturated carbocycles. The molecule has 2 aromatic heterocycles. The second-order valence-electron chi connectivity index (χ2n) is 7.36. The predicted molar refractivity (Wildman–Crippen MR) is 129 cm³/mol. The Balaban J connectivity index is 0.00000280. The summed E-state index contributed by atoms with van der Waals surface area (Å²) < 4.78 is 1.88. The lowest BCUT2D eigenvalue weighted by atomic mass is 10.1. The summed E-state index contributed by atoms with van der Waals surface area (Å²) in [4.78, 5) is 11.4. The number of nitrogens with one attached hydrogen (secondary N) is 1. The minimum absolute atomic E-state index is 0. The van der Waals surface area contributed by atoms with Crippen molar-refractivity contribution in [3.63, 3.8) is 0 Å². The van der Waals surface area contributed by atoms with Gasteiger partial charge >= 0.3 is 0 Å². The van der Waals surface area contributed by atoms with Gasteiger partial charge in [0.05, 0.1) is 5.69 Å². The molecule has 0 amide bonds. The zero-order valence-corrected chi connectivity index (χ0v) is 20.5. The van der Waals surface area contributed by atoms with Crippen LogP contribution in [-0.2, 0) is 6.54 Å². The average molecular weight is 514 g/mol. The minimum atomic E-state index is 0. The van der Waals surface area contributed by atoms with Crippen LogP contribution in [0.3, 0.4) is 0 Å². The number of aliphatic imine (C=N–C) groups is 1. The number of pyridine rings is 1. The van der Waals surface area contributed by atoms with Crippen molar-refractivity contribution in [2.75, 3.05) is 25.9 Å². The lowest BCUT2D eigenvalue weighted by Gasteiger charge is -2.36. The highest BCUT2D eigenvalue weighted by Crippen LogP contribution is 2.24. The van der Waals surface area contributed by atoms with Gasteiger partial charge in [0.2, 0.25) is 0 Å². The van der Waals surface area contributed by atoms with E-state index in [0.29, 0.717) is 17.7 Å². The first-order valence-electron chi connectivity index (χ1n) is 9.53. The monoisotopic (exact) mass is 514 g/mol. The van der Waals surface area contributed by atoms with Crippen LogP contribution in [0.4, 0.5) is 0 Å². The molecule has 3 heterocycles. The molecule has 2 aromatic rings. The van der Waals surface area contributed by atoms with Gasteiger partial charge < -0.3 is 10.2 Å². The van der Waals surface area contributed by atoms with Crippen molar-refractivity contribution in [2.24, 2.45) is 10.9 Å². The van der Waals surface area contributed by atoms with E-state index in [4.69, 9.17) is 0 Å². The third kappa shape index (κ3) is 5.62. The SMILES string of the molecule is CN=C(NCc1ccc(-n2nc(C)cc2C)nc1)N1CCSC(C(C)C)C1.I. The molecule has 0 aromatic carbocycles. The van der Waals surface area contributed by atoms with Crippen molar-refractivity contribution in [3.05, 3.63) is 41.3 Å². The molecule has 1 unspecified atom stereocenters. The largest absolute Gasteiger partial charge is 0.352 e. The summed E-state index contributed by atoms with van der Waals surface area (Å²) in [6.45, 7) is 11.5. The van der Waals surface area contributed by atoms with Crippen molar-refractivity contribution in [1.29, 1.82) is 0 Å². The molecule has 28 heavy (non-hydrogen) atoms. The normalized spacial score (nSPS) is 17.6. The number of hydrogen-bond donors (Lipinski definition) is 1. The van der Waals surface area contributed by atoms with E-state index in [1.54, 1.807) is 0 Å². The molecule has 0 bridgehead atoms. The molecule has 3 rings (SSSR count). The van der Waals surface area contributed by atoms with E-state index in [0.717, 1.165) is 47.6 Å². The smallest absolute Gasteiger partial charge is 0.193 e. The van der Waals surface area contributed by atoms with E-state index in [9.17, 15) is 0 Å². The number of nitrogens with zero attached hydrogens (tertiary/aromatic N) is 5. The van der Waals surface area contributed by atoms with Gasteiger partial charge in [-0.1, -0.05) is 19.9 Å². The molecule has 1 N–H and O–H groups in total. The lowest BCUT2D eigenvalue weighted by Crippen LogP contribution is -2.48. The Morgan fingerprint density at radius 3 is 2.71 bits per heavy atom. The highest BCUT2D eigenvalue weighted by molar-refractivity contribution is 14.0. The Morgan fingerprint density at radius 2 is 2.14 bits per heavy atom. The van der Waals surface area contributed by atoms with Crippen LogP contribution >= 0.6 is 35.7 Å². The van der Waals surface area contributed by atoms with E-state index in [1.807, 2.05) is 37.8 Å². The van der Waals surface area contributed by atoms with E-state index >= 15 is 0 Å². The van der Waals surface area contributed by atoms with Crippen molar-refractivity contribution in [2.45, 2.75) is 39.5 Å². The number of guanidine groups is 1. The second-order valence-corrected chi connectivity index (χ2v) is 8.71. The Kier molecular flexibility index (Phi) is 8.60. The molecule has 1 fully saturated rings. The van der Waals surface area contributed by atoms with Gasteiger partial charge in [0.1, 0.15) is 0 Å². The summed E-state index contributed by atoms with van der Waals surface area (Å²) in [5.74, 6) is 3.66. The fourth-order valence-electron chi connectivity index (χ4n) is 3.29. The summed E-state index contributed by atoms with van der Waals surface area (Å²) in [6.07, 6.45) is 1.91. The van der Waals surface area contributed by atoms with Crippen LogP contribution in [0.2, 0.25) is 0 Å². The van der Waals surface area contributed by atoms with Crippen LogP contribution in [-0.4, -0.2) is 56.8 Å². The van der Waals surface area contributed by atoms with Gasteiger partial charge in [-0.25, -0.2) is 9.67 Å². The second kappa shape index (κ2) is 10.5. The Morgan fingerprint density at radius 1 is 1.36 bits per heavy atom. The molecule has 1 saturated heterocycles. The number of aryl methyl sites for hydroxylation is 2. The van der Waals surface area contributed by atoms with Crippen LogP contribution in [0.15, 0.2) is 29.4 Å². The van der Waals surface area contributed by atoms with Crippen molar-refractivity contribution in [1.82, 2.24) is 25.0 Å². The quantitative estimate of drug-likeness (QED) is 0.384. The zero-order valence-electron chi connectivity index (χ0n) is 17.3. The molecule has 8 heteroatoms. The van der Waals surface area contributed by atoms with Crippen LogP contribution in [0, 0.1) is 19.8 Å². The van der Waals surface area contributed by atoms with Gasteiger partial charge in [-0.05, 0) is 37.5 Å². The number of thioether (sulfide) groups is 1. The van der Waals surface area contributed by atoms with Gasteiger partial charge in [-0.2, -0.15) is 16.9 Å². The summed E-state index contributed by atoms with van der Waals surface area (Å²) in [5.41, 5.74) is 3.23. The Hall–Kier alpha value is -1.29. The maximum Gasteiger partial charge on any atom is 0.193 e. The lowest BCUT2D eigenvalue weighted by molar-refractivity contribution is 0.380. The maximum absolute atomic E-state index is 4.58. The number of aromatic nitrogens is 3. The van der Waals surface area contributed by atoms with Gasteiger partial charge in [0.15, 0.2) is 11.8 Å². The molecule has 154 valence electrons. The maximum atomic E-state index is 4.58. The molecule has 0 spiro atoms. The van der Waals surface area contributed by atoms with Crippen molar-refractivity contribution in [3.8, 4) is 5.82 Å². The third-order valence-corrected chi connectivity index (χ3v) is 6.37. The topological polar surface area (TPSA) is 58.3 Å². The summed E-state index contributed by atoms with van der Waals surface area (Å²) in [6, 6.07) is 6.18. The highest BCUT2D eigenvalue weighted by atomic mass is 127. The van der Waals surface area contributed by atoms with Gasteiger partial charge in [0, 0.05) is 49.6 Å². The van der Waals surface area contributed by atoms with Crippen molar-refractivity contribution >= 4 is 41.7 Å². The van der Waals surface area contributed by atoms with E-state index in [-0.39, 0.29) is 24.0 Å². The molecule has 0 radical (unpaired) electrons. The Labute approximate surface area is 189 Å². The van der Waals surface area contributed by atoms with E-state index in [2.05, 4.69) is 63.0 Å². The van der Waals surface area contributed by atoms with Gasteiger partial charge in [0.25, 0.3) is 0 Å². The molecular formula is C20H31IN6S. The van der Waals surface area contributed by atoms with Crippen LogP contribution < -0.4 is 5.32 Å². The Bertz CT molecular complexity index is 786. The fourth-order valence-corrected chi connectivity index (χ4v) is 4.59. The molecule has 6 nitrogen and oxygen atoms in total. The van der Waals surface area contributed by atoms with Crippen molar-refractivity contribution < 1.29 is 0 Å². The summed E-state index contributed by atoms with van der Waals surface area (Å²) in [5, 5.41) is 8.65. The average Bonchev–Trinajstić information content (AvgIpc) is 3.01. The zero-order chi connectivity index (χ0) is 19.4. The molecule has 1 aliphatic rings. The third-order valence-electron chi connectivity index (χ3n) is 4.83. The first kappa shape index (κ1) is 23.0. The predicted octanol–water partition coefficient (Wildman–Crippen LogP) is 3.65.